The van der Waals surface area contributed by atoms with Gasteiger partial charge in [-0.05, 0) is 57.6 Å². The number of nitrogens with one attached hydrogen (secondary N) is 3. The predicted molar refractivity (Wildman–Crippen MR) is 124 cm³/mol. The third-order valence-electron chi connectivity index (χ3n) is 7.41. The van der Waals surface area contributed by atoms with Crippen LogP contribution in [0.25, 0.3) is 10.9 Å². The molecular weight excluding hydrogens is 400 g/mol. The lowest BCUT2D eigenvalue weighted by atomic mass is 9.78. The van der Waals surface area contributed by atoms with Crippen molar-refractivity contribution >= 4 is 28.4 Å². The van der Waals surface area contributed by atoms with Crippen LogP contribution in [-0.2, 0) is 0 Å². The average molecular weight is 429 g/mol. The highest BCUT2D eigenvalue weighted by Crippen LogP contribution is 2.44. The Bertz CT molecular complexity index is 1160. The molecule has 1 saturated carbocycles. The van der Waals surface area contributed by atoms with Crippen LogP contribution in [0.1, 0.15) is 44.2 Å². The number of aryl methyl sites for hydroxylation is 1. The quantitative estimate of drug-likeness (QED) is 0.561. The number of nitriles is 1. The van der Waals surface area contributed by atoms with Gasteiger partial charge in [-0.25, -0.2) is 4.98 Å². The second kappa shape index (κ2) is 7.75. The molecule has 3 aromatic heterocycles. The summed E-state index contributed by atoms with van der Waals surface area (Å²) in [5.41, 5.74) is 1.91. The Labute approximate surface area is 187 Å². The highest BCUT2D eigenvalue weighted by molar-refractivity contribution is 5.91. The van der Waals surface area contributed by atoms with Crippen molar-refractivity contribution in [2.24, 2.45) is 5.92 Å². The summed E-state index contributed by atoms with van der Waals surface area (Å²) in [6.07, 6.45) is 8.73. The Hall–Kier alpha value is -3.18. The van der Waals surface area contributed by atoms with Crippen LogP contribution in [0, 0.1) is 24.2 Å². The van der Waals surface area contributed by atoms with Gasteiger partial charge in [-0.3, -0.25) is 15.0 Å². The molecule has 8 heteroatoms. The van der Waals surface area contributed by atoms with Crippen molar-refractivity contribution in [1.82, 2.24) is 25.1 Å². The number of hydrogen-bond donors (Lipinski definition) is 3. The van der Waals surface area contributed by atoms with E-state index in [-0.39, 0.29) is 5.92 Å². The van der Waals surface area contributed by atoms with Crippen LogP contribution in [0.5, 0.6) is 0 Å². The molecule has 3 aromatic rings. The van der Waals surface area contributed by atoms with Gasteiger partial charge in [-0.15, -0.1) is 0 Å². The van der Waals surface area contributed by atoms with Gasteiger partial charge in [0.15, 0.2) is 5.82 Å². The standard InChI is InChI=1S/C24H28N8/c1-14-7-23(31-30-14)28-22-12-21-20(3-2-6-26-21)24(29-22)27-16-10-17-4-5-18(11-16)32(17)19-8-15(9-19)13-25/h2-3,6-7,12,15-19H,4-5,8-11H2,1H3,(H3,27,28,29,30,31)/t15-,16-,17-,18+,19-. The minimum absolute atomic E-state index is 0.270. The van der Waals surface area contributed by atoms with Crippen molar-refractivity contribution in [3.63, 3.8) is 0 Å². The second-order valence-corrected chi connectivity index (χ2v) is 9.58. The molecular formula is C24H28N8. The fourth-order valence-corrected chi connectivity index (χ4v) is 5.92. The van der Waals surface area contributed by atoms with Crippen LogP contribution in [-0.4, -0.2) is 49.2 Å². The zero-order chi connectivity index (χ0) is 21.7. The van der Waals surface area contributed by atoms with Gasteiger partial charge in [0.1, 0.15) is 11.6 Å². The summed E-state index contributed by atoms with van der Waals surface area (Å²) in [4.78, 5) is 12.2. The molecule has 0 unspecified atom stereocenters. The molecule has 2 aliphatic heterocycles. The topological polar surface area (TPSA) is 106 Å². The molecule has 3 aliphatic rings. The maximum absolute atomic E-state index is 9.16. The van der Waals surface area contributed by atoms with E-state index in [2.05, 4.69) is 42.9 Å². The molecule has 6 rings (SSSR count). The van der Waals surface area contributed by atoms with E-state index in [1.165, 1.54) is 12.8 Å². The monoisotopic (exact) mass is 428 g/mol. The molecule has 2 saturated heterocycles. The summed E-state index contributed by atoms with van der Waals surface area (Å²) < 4.78 is 0. The highest BCUT2D eigenvalue weighted by Gasteiger charge is 2.47. The number of fused-ring (bicyclic) bond motifs is 3. The Morgan fingerprint density at radius 2 is 1.91 bits per heavy atom. The third kappa shape index (κ3) is 3.47. The number of nitrogens with zero attached hydrogens (tertiary/aromatic N) is 5. The molecule has 0 spiro atoms. The average Bonchev–Trinajstić information content (AvgIpc) is 3.27. The molecule has 3 atom stereocenters. The lowest BCUT2D eigenvalue weighted by Crippen LogP contribution is -2.55. The number of rotatable bonds is 5. The number of hydrogen-bond acceptors (Lipinski definition) is 7. The largest absolute Gasteiger partial charge is 0.367 e. The van der Waals surface area contributed by atoms with E-state index < -0.39 is 0 Å². The van der Waals surface area contributed by atoms with Crippen LogP contribution in [0.15, 0.2) is 30.5 Å². The SMILES string of the molecule is Cc1cc(Nc2cc3ncccc3c(N[C@@H]3C[C@H]4CC[C@@H](C3)N4[C@H]3C[C@H](C#N)C3)n2)n[nH]1. The van der Waals surface area contributed by atoms with Gasteiger partial charge in [0, 0.05) is 59.5 Å². The Kier molecular flexibility index (Phi) is 4.72. The summed E-state index contributed by atoms with van der Waals surface area (Å²) in [7, 11) is 0. The Morgan fingerprint density at radius 3 is 2.62 bits per heavy atom. The summed E-state index contributed by atoms with van der Waals surface area (Å²) in [6.45, 7) is 1.98. The lowest BCUT2D eigenvalue weighted by Gasteiger charge is -2.48. The number of aromatic nitrogens is 4. The molecule has 0 aromatic carbocycles. The van der Waals surface area contributed by atoms with E-state index >= 15 is 0 Å². The summed E-state index contributed by atoms with van der Waals surface area (Å²) in [5, 5.41) is 24.5. The molecule has 5 heterocycles. The van der Waals surface area contributed by atoms with Crippen LogP contribution < -0.4 is 10.6 Å². The van der Waals surface area contributed by atoms with Crippen molar-refractivity contribution < 1.29 is 0 Å². The molecule has 164 valence electrons. The van der Waals surface area contributed by atoms with Crippen molar-refractivity contribution in [2.75, 3.05) is 10.6 Å². The molecule has 8 nitrogen and oxygen atoms in total. The van der Waals surface area contributed by atoms with Gasteiger partial charge >= 0.3 is 0 Å². The first-order valence-corrected chi connectivity index (χ1v) is 11.6. The Morgan fingerprint density at radius 1 is 1.09 bits per heavy atom. The summed E-state index contributed by atoms with van der Waals surface area (Å²) in [5.74, 6) is 2.64. The van der Waals surface area contributed by atoms with Crippen LogP contribution in [0.3, 0.4) is 0 Å². The summed E-state index contributed by atoms with van der Waals surface area (Å²) >= 11 is 0. The highest BCUT2D eigenvalue weighted by atomic mass is 15.3. The van der Waals surface area contributed by atoms with Crippen molar-refractivity contribution in [2.45, 2.75) is 69.6 Å². The van der Waals surface area contributed by atoms with E-state index in [0.717, 1.165) is 59.7 Å². The predicted octanol–water partition coefficient (Wildman–Crippen LogP) is 4.11. The fourth-order valence-electron chi connectivity index (χ4n) is 5.92. The van der Waals surface area contributed by atoms with Gasteiger partial charge in [-0.1, -0.05) is 0 Å². The number of piperidine rings is 1. The van der Waals surface area contributed by atoms with Gasteiger partial charge in [0.2, 0.25) is 0 Å². The van der Waals surface area contributed by atoms with Gasteiger partial charge in [-0.2, -0.15) is 10.4 Å². The van der Waals surface area contributed by atoms with E-state index in [1.54, 1.807) is 0 Å². The van der Waals surface area contributed by atoms with E-state index in [1.807, 2.05) is 31.3 Å². The number of pyridine rings is 2. The van der Waals surface area contributed by atoms with E-state index in [9.17, 15) is 0 Å². The number of aromatic amines is 1. The van der Waals surface area contributed by atoms with Crippen molar-refractivity contribution in [1.29, 1.82) is 5.26 Å². The first kappa shape index (κ1) is 19.5. The first-order valence-electron chi connectivity index (χ1n) is 11.6. The Balaban J connectivity index is 1.22. The van der Waals surface area contributed by atoms with Crippen LogP contribution >= 0.6 is 0 Å². The van der Waals surface area contributed by atoms with E-state index in [4.69, 9.17) is 10.2 Å². The maximum atomic E-state index is 9.16. The number of H-pyrrole nitrogens is 1. The fraction of sp³-hybridized carbons (Fsp3) is 0.500. The smallest absolute Gasteiger partial charge is 0.153 e. The zero-order valence-electron chi connectivity index (χ0n) is 18.3. The molecule has 1 aliphatic carbocycles. The maximum Gasteiger partial charge on any atom is 0.153 e. The van der Waals surface area contributed by atoms with Gasteiger partial charge in [0.05, 0.1) is 11.6 Å². The molecule has 0 radical (unpaired) electrons. The van der Waals surface area contributed by atoms with Crippen molar-refractivity contribution in [3.8, 4) is 6.07 Å². The minimum atomic E-state index is 0.270. The molecule has 3 N–H and O–H groups in total. The third-order valence-corrected chi connectivity index (χ3v) is 7.41. The number of anilines is 3. The van der Waals surface area contributed by atoms with Crippen molar-refractivity contribution in [3.05, 3.63) is 36.2 Å². The molecule has 2 bridgehead atoms. The minimum Gasteiger partial charge on any atom is -0.367 e. The summed E-state index contributed by atoms with van der Waals surface area (Å²) in [6, 6.07) is 12.7. The van der Waals surface area contributed by atoms with Gasteiger partial charge in [0.25, 0.3) is 0 Å². The van der Waals surface area contributed by atoms with Crippen LogP contribution in [0.2, 0.25) is 0 Å². The molecule has 32 heavy (non-hydrogen) atoms. The van der Waals surface area contributed by atoms with Gasteiger partial charge < -0.3 is 10.6 Å². The normalized spacial score (nSPS) is 29.4. The zero-order valence-corrected chi connectivity index (χ0v) is 18.3. The van der Waals surface area contributed by atoms with Crippen LogP contribution in [0.4, 0.5) is 17.5 Å². The molecule has 0 amide bonds. The molecule has 3 fully saturated rings. The van der Waals surface area contributed by atoms with E-state index in [0.29, 0.717) is 24.2 Å². The lowest BCUT2D eigenvalue weighted by molar-refractivity contribution is 0.0245. The second-order valence-electron chi connectivity index (χ2n) is 9.58. The first-order chi connectivity index (χ1) is 15.7.